The second-order valence-electron chi connectivity index (χ2n) is 7.47. The molecule has 8 heteroatoms. The van der Waals surface area contributed by atoms with Gasteiger partial charge < -0.3 is 24.3 Å². The van der Waals surface area contributed by atoms with Gasteiger partial charge in [-0.1, -0.05) is 18.2 Å². The first-order valence-corrected chi connectivity index (χ1v) is 10.7. The van der Waals surface area contributed by atoms with E-state index in [1.54, 1.807) is 18.3 Å². The number of piperazine rings is 1. The highest BCUT2D eigenvalue weighted by atomic mass is 16.5. The molecule has 32 heavy (non-hydrogen) atoms. The number of hydrogen-bond acceptors (Lipinski definition) is 6. The number of anilines is 2. The van der Waals surface area contributed by atoms with E-state index in [4.69, 9.17) is 9.15 Å². The number of pyridine rings is 1. The van der Waals surface area contributed by atoms with Crippen molar-refractivity contribution in [3.8, 4) is 5.75 Å². The Morgan fingerprint density at radius 3 is 2.50 bits per heavy atom. The Morgan fingerprint density at radius 2 is 1.81 bits per heavy atom. The first-order valence-electron chi connectivity index (χ1n) is 10.7. The molecular formula is C24H26N4O4. The summed E-state index contributed by atoms with van der Waals surface area (Å²) in [4.78, 5) is 33.0. The van der Waals surface area contributed by atoms with E-state index in [1.165, 1.54) is 6.26 Å². The van der Waals surface area contributed by atoms with Gasteiger partial charge in [-0.05, 0) is 42.8 Å². The van der Waals surface area contributed by atoms with Crippen molar-refractivity contribution in [2.45, 2.75) is 12.8 Å². The molecule has 2 aromatic heterocycles. The van der Waals surface area contributed by atoms with Crippen LogP contribution in [-0.2, 0) is 4.79 Å². The number of amides is 2. The predicted molar refractivity (Wildman–Crippen MR) is 121 cm³/mol. The van der Waals surface area contributed by atoms with Crippen LogP contribution in [0.4, 0.5) is 11.5 Å². The molecule has 166 valence electrons. The Balaban J connectivity index is 1.18. The number of carbonyl (C=O) groups is 2. The van der Waals surface area contributed by atoms with Crippen LogP contribution < -0.4 is 15.0 Å². The monoisotopic (exact) mass is 434 g/mol. The molecule has 1 aromatic carbocycles. The molecule has 0 unspecified atom stereocenters. The molecule has 1 aliphatic rings. The summed E-state index contributed by atoms with van der Waals surface area (Å²) >= 11 is 0. The average molecular weight is 434 g/mol. The summed E-state index contributed by atoms with van der Waals surface area (Å²) in [5.74, 6) is 1.74. The highest BCUT2D eigenvalue weighted by Crippen LogP contribution is 2.17. The summed E-state index contributed by atoms with van der Waals surface area (Å²) in [6, 6.07) is 16.6. The molecule has 1 fully saturated rings. The third-order valence-electron chi connectivity index (χ3n) is 5.25. The molecular weight excluding hydrogens is 408 g/mol. The van der Waals surface area contributed by atoms with E-state index in [0.29, 0.717) is 38.2 Å². The third kappa shape index (κ3) is 5.66. The molecule has 4 rings (SSSR count). The maximum absolute atomic E-state index is 12.5. The first-order chi connectivity index (χ1) is 15.7. The fourth-order valence-corrected chi connectivity index (χ4v) is 3.52. The molecule has 1 aliphatic heterocycles. The smallest absolute Gasteiger partial charge is 0.291 e. The minimum atomic E-state index is -0.314. The highest BCUT2D eigenvalue weighted by molar-refractivity contribution is 6.02. The van der Waals surface area contributed by atoms with Crippen LogP contribution in [0.5, 0.6) is 5.75 Å². The quantitative estimate of drug-likeness (QED) is 0.547. The molecule has 1 saturated heterocycles. The van der Waals surface area contributed by atoms with Gasteiger partial charge >= 0.3 is 0 Å². The fourth-order valence-electron chi connectivity index (χ4n) is 3.52. The van der Waals surface area contributed by atoms with Crippen LogP contribution in [0.15, 0.2) is 71.5 Å². The van der Waals surface area contributed by atoms with Crippen LogP contribution in [0.25, 0.3) is 0 Å². The van der Waals surface area contributed by atoms with Crippen LogP contribution in [0.1, 0.15) is 23.4 Å². The lowest BCUT2D eigenvalue weighted by Crippen LogP contribution is -2.49. The van der Waals surface area contributed by atoms with E-state index in [1.807, 2.05) is 47.4 Å². The number of para-hydroxylation sites is 1. The summed E-state index contributed by atoms with van der Waals surface area (Å²) in [6.07, 6.45) is 4.26. The molecule has 1 N–H and O–H groups in total. The van der Waals surface area contributed by atoms with Crippen LogP contribution in [0, 0.1) is 0 Å². The zero-order valence-electron chi connectivity index (χ0n) is 17.8. The van der Waals surface area contributed by atoms with Crippen LogP contribution in [0.2, 0.25) is 0 Å². The van der Waals surface area contributed by atoms with Gasteiger partial charge in [0, 0.05) is 32.6 Å². The number of aromatic nitrogens is 1. The van der Waals surface area contributed by atoms with Crippen molar-refractivity contribution < 1.29 is 18.7 Å². The maximum atomic E-state index is 12.5. The van der Waals surface area contributed by atoms with Crippen molar-refractivity contribution in [1.82, 2.24) is 9.88 Å². The van der Waals surface area contributed by atoms with Gasteiger partial charge in [0.1, 0.15) is 11.6 Å². The normalized spacial score (nSPS) is 13.6. The number of nitrogens with one attached hydrogen (secondary N) is 1. The number of rotatable bonds is 8. The Kier molecular flexibility index (Phi) is 7.01. The molecule has 2 amide bonds. The predicted octanol–water partition coefficient (Wildman–Crippen LogP) is 3.43. The number of ether oxygens (including phenoxy) is 1. The number of hydrogen-bond donors (Lipinski definition) is 1. The second-order valence-corrected chi connectivity index (χ2v) is 7.47. The Hall–Kier alpha value is -3.81. The van der Waals surface area contributed by atoms with Gasteiger partial charge in [-0.25, -0.2) is 4.98 Å². The summed E-state index contributed by atoms with van der Waals surface area (Å²) < 4.78 is 10.7. The molecule has 3 aromatic rings. The van der Waals surface area contributed by atoms with Crippen LogP contribution in [0.3, 0.4) is 0 Å². The van der Waals surface area contributed by atoms with Crippen molar-refractivity contribution in [2.75, 3.05) is 43.0 Å². The van der Waals surface area contributed by atoms with E-state index in [-0.39, 0.29) is 17.6 Å². The van der Waals surface area contributed by atoms with E-state index in [9.17, 15) is 9.59 Å². The third-order valence-corrected chi connectivity index (χ3v) is 5.25. The van der Waals surface area contributed by atoms with Crippen molar-refractivity contribution in [2.24, 2.45) is 0 Å². The summed E-state index contributed by atoms with van der Waals surface area (Å²) in [5.41, 5.74) is 0.599. The van der Waals surface area contributed by atoms with Crippen LogP contribution >= 0.6 is 0 Å². The van der Waals surface area contributed by atoms with Gasteiger partial charge in [-0.15, -0.1) is 0 Å². The molecule has 0 spiro atoms. The Morgan fingerprint density at radius 1 is 1.00 bits per heavy atom. The van der Waals surface area contributed by atoms with Gasteiger partial charge in [0.2, 0.25) is 5.91 Å². The lowest BCUT2D eigenvalue weighted by Gasteiger charge is -2.35. The number of furan rings is 1. The highest BCUT2D eigenvalue weighted by Gasteiger charge is 2.21. The molecule has 8 nitrogen and oxygen atoms in total. The lowest BCUT2D eigenvalue weighted by molar-refractivity contribution is -0.131. The molecule has 3 heterocycles. The number of nitrogens with zero attached hydrogens (tertiary/aromatic N) is 3. The van der Waals surface area contributed by atoms with E-state index >= 15 is 0 Å². The van der Waals surface area contributed by atoms with Gasteiger partial charge in [0.05, 0.1) is 24.8 Å². The Bertz CT molecular complexity index is 998. The minimum absolute atomic E-state index is 0.158. The zero-order chi connectivity index (χ0) is 22.2. The zero-order valence-corrected chi connectivity index (χ0v) is 17.8. The molecule has 0 radical (unpaired) electrons. The lowest BCUT2D eigenvalue weighted by atomic mass is 10.2. The van der Waals surface area contributed by atoms with Gasteiger partial charge in [-0.2, -0.15) is 0 Å². The van der Waals surface area contributed by atoms with Gasteiger partial charge in [0.25, 0.3) is 5.91 Å². The largest absolute Gasteiger partial charge is 0.494 e. The van der Waals surface area contributed by atoms with Crippen LogP contribution in [-0.4, -0.2) is 54.5 Å². The average Bonchev–Trinajstić information content (AvgIpc) is 3.38. The summed E-state index contributed by atoms with van der Waals surface area (Å²) in [5, 5.41) is 2.75. The van der Waals surface area contributed by atoms with Crippen molar-refractivity contribution in [1.29, 1.82) is 0 Å². The van der Waals surface area contributed by atoms with Crippen molar-refractivity contribution in [3.05, 3.63) is 72.8 Å². The molecule has 0 atom stereocenters. The second kappa shape index (κ2) is 10.5. The van der Waals surface area contributed by atoms with E-state index < -0.39 is 0 Å². The minimum Gasteiger partial charge on any atom is -0.494 e. The van der Waals surface area contributed by atoms with Crippen molar-refractivity contribution in [3.63, 3.8) is 0 Å². The number of carbonyl (C=O) groups excluding carboxylic acids is 2. The fraction of sp³-hybridized carbons (Fsp3) is 0.292. The standard InChI is InChI=1S/C24H26N4O4/c29-23(9-5-16-31-20-6-2-1-3-7-20)28-14-12-27(13-15-28)22-11-10-19(18-25-22)26-24(30)21-8-4-17-32-21/h1-4,6-8,10-11,17-18H,5,9,12-16H2,(H,26,30). The topological polar surface area (TPSA) is 87.9 Å². The Labute approximate surface area is 186 Å². The summed E-state index contributed by atoms with van der Waals surface area (Å²) in [6.45, 7) is 3.30. The first kappa shape index (κ1) is 21.4. The molecule has 0 saturated carbocycles. The van der Waals surface area contributed by atoms with Crippen molar-refractivity contribution >= 4 is 23.3 Å². The number of benzene rings is 1. The van der Waals surface area contributed by atoms with Gasteiger partial charge in [-0.3, -0.25) is 9.59 Å². The van der Waals surface area contributed by atoms with E-state index in [2.05, 4.69) is 15.2 Å². The molecule has 0 aliphatic carbocycles. The van der Waals surface area contributed by atoms with E-state index in [0.717, 1.165) is 24.7 Å². The molecule has 0 bridgehead atoms. The summed E-state index contributed by atoms with van der Waals surface area (Å²) in [7, 11) is 0. The maximum Gasteiger partial charge on any atom is 0.291 e. The van der Waals surface area contributed by atoms with Gasteiger partial charge in [0.15, 0.2) is 5.76 Å². The SMILES string of the molecule is O=C(Nc1ccc(N2CCN(C(=O)CCCOc3ccccc3)CC2)nc1)c1ccco1.